The van der Waals surface area contributed by atoms with Gasteiger partial charge < -0.3 is 5.11 Å². The lowest BCUT2D eigenvalue weighted by Crippen LogP contribution is -2.42. The standard InChI is InChI=1S/C14H17NO3/c1-10(16)5-4-8-15-13(17)9-11-6-2-3-7-12(11)14(15)18/h2-3,6-7,10,16H,4-5,8-9H2,1H3. The molecule has 0 spiro atoms. The third-order valence-corrected chi connectivity index (χ3v) is 3.14. The molecule has 0 fully saturated rings. The molecular formula is C14H17NO3. The van der Waals surface area contributed by atoms with Crippen molar-refractivity contribution in [1.82, 2.24) is 4.90 Å². The molecule has 1 atom stereocenters. The first-order valence-corrected chi connectivity index (χ1v) is 6.20. The average Bonchev–Trinajstić information content (AvgIpc) is 2.33. The fourth-order valence-corrected chi connectivity index (χ4v) is 2.17. The first-order chi connectivity index (χ1) is 8.59. The molecule has 1 aromatic rings. The van der Waals surface area contributed by atoms with Crippen molar-refractivity contribution in [2.75, 3.05) is 6.54 Å². The molecule has 0 saturated carbocycles. The number of rotatable bonds is 4. The van der Waals surface area contributed by atoms with Gasteiger partial charge in [0.1, 0.15) is 0 Å². The number of fused-ring (bicyclic) bond motifs is 1. The van der Waals surface area contributed by atoms with E-state index < -0.39 is 6.10 Å². The predicted molar refractivity (Wildman–Crippen MR) is 67.1 cm³/mol. The van der Waals surface area contributed by atoms with Crippen LogP contribution in [0, 0.1) is 0 Å². The first-order valence-electron chi connectivity index (χ1n) is 6.20. The highest BCUT2D eigenvalue weighted by Gasteiger charge is 2.29. The maximum absolute atomic E-state index is 12.1. The van der Waals surface area contributed by atoms with Gasteiger partial charge >= 0.3 is 0 Å². The topological polar surface area (TPSA) is 57.6 Å². The summed E-state index contributed by atoms with van der Waals surface area (Å²) in [6, 6.07) is 7.22. The van der Waals surface area contributed by atoms with Crippen LogP contribution >= 0.6 is 0 Å². The molecule has 1 N–H and O–H groups in total. The zero-order valence-corrected chi connectivity index (χ0v) is 10.4. The van der Waals surface area contributed by atoms with E-state index in [0.717, 1.165) is 5.56 Å². The van der Waals surface area contributed by atoms with Gasteiger partial charge in [-0.15, -0.1) is 0 Å². The zero-order valence-electron chi connectivity index (χ0n) is 10.4. The fraction of sp³-hybridized carbons (Fsp3) is 0.429. The van der Waals surface area contributed by atoms with Crippen LogP contribution in [0.15, 0.2) is 24.3 Å². The van der Waals surface area contributed by atoms with Crippen LogP contribution in [0.25, 0.3) is 0 Å². The number of imide groups is 1. The molecule has 0 bridgehead atoms. The van der Waals surface area contributed by atoms with Gasteiger partial charge in [0.25, 0.3) is 5.91 Å². The lowest BCUT2D eigenvalue weighted by Gasteiger charge is -2.26. The Hall–Kier alpha value is -1.68. The molecule has 2 rings (SSSR count). The van der Waals surface area contributed by atoms with Gasteiger partial charge in [-0.3, -0.25) is 14.5 Å². The predicted octanol–water partition coefficient (Wildman–Crippen LogP) is 1.37. The molecule has 0 saturated heterocycles. The quantitative estimate of drug-likeness (QED) is 0.818. The molecule has 1 aliphatic rings. The third-order valence-electron chi connectivity index (χ3n) is 3.14. The molecule has 18 heavy (non-hydrogen) atoms. The van der Waals surface area contributed by atoms with Crippen molar-refractivity contribution in [2.24, 2.45) is 0 Å². The van der Waals surface area contributed by atoms with E-state index in [4.69, 9.17) is 0 Å². The maximum Gasteiger partial charge on any atom is 0.260 e. The van der Waals surface area contributed by atoms with E-state index in [1.165, 1.54) is 4.90 Å². The van der Waals surface area contributed by atoms with Crippen molar-refractivity contribution in [3.05, 3.63) is 35.4 Å². The first kappa shape index (κ1) is 12.8. The van der Waals surface area contributed by atoms with Crippen LogP contribution in [0.1, 0.15) is 35.7 Å². The Morgan fingerprint density at radius 1 is 1.33 bits per heavy atom. The number of benzene rings is 1. The Morgan fingerprint density at radius 2 is 2.06 bits per heavy atom. The van der Waals surface area contributed by atoms with Crippen LogP contribution in [0.5, 0.6) is 0 Å². The summed E-state index contributed by atoms with van der Waals surface area (Å²) in [4.78, 5) is 25.3. The van der Waals surface area contributed by atoms with Gasteiger partial charge in [0, 0.05) is 12.1 Å². The summed E-state index contributed by atoms with van der Waals surface area (Å²) >= 11 is 0. The molecule has 0 aliphatic carbocycles. The van der Waals surface area contributed by atoms with Gasteiger partial charge in [-0.05, 0) is 31.4 Å². The van der Waals surface area contributed by atoms with Crippen molar-refractivity contribution < 1.29 is 14.7 Å². The Bertz CT molecular complexity index is 468. The molecule has 4 nitrogen and oxygen atoms in total. The molecule has 2 amide bonds. The number of amides is 2. The molecule has 1 unspecified atom stereocenters. The van der Waals surface area contributed by atoms with Crippen LogP contribution in [0.2, 0.25) is 0 Å². The highest BCUT2D eigenvalue weighted by molar-refractivity contribution is 6.09. The average molecular weight is 247 g/mol. The number of hydrogen-bond donors (Lipinski definition) is 1. The second-order valence-electron chi connectivity index (χ2n) is 4.68. The number of nitrogens with zero attached hydrogens (tertiary/aromatic N) is 1. The van der Waals surface area contributed by atoms with Gasteiger partial charge in [-0.2, -0.15) is 0 Å². The second kappa shape index (κ2) is 5.31. The summed E-state index contributed by atoms with van der Waals surface area (Å²) < 4.78 is 0. The van der Waals surface area contributed by atoms with Crippen LogP contribution in [-0.4, -0.2) is 34.5 Å². The Morgan fingerprint density at radius 3 is 2.78 bits per heavy atom. The van der Waals surface area contributed by atoms with Gasteiger partial charge in [0.2, 0.25) is 5.91 Å². The number of aliphatic hydroxyl groups is 1. The number of hydrogen-bond acceptors (Lipinski definition) is 3. The van der Waals surface area contributed by atoms with E-state index in [0.29, 0.717) is 24.9 Å². The molecule has 1 heterocycles. The molecule has 4 heteroatoms. The summed E-state index contributed by atoms with van der Waals surface area (Å²) in [5.41, 5.74) is 1.42. The molecule has 1 aromatic carbocycles. The van der Waals surface area contributed by atoms with Crippen molar-refractivity contribution >= 4 is 11.8 Å². The molecule has 1 aliphatic heterocycles. The largest absolute Gasteiger partial charge is 0.393 e. The van der Waals surface area contributed by atoms with E-state index >= 15 is 0 Å². The minimum absolute atomic E-state index is 0.149. The number of aliphatic hydroxyl groups excluding tert-OH is 1. The van der Waals surface area contributed by atoms with E-state index in [-0.39, 0.29) is 18.2 Å². The molecule has 96 valence electrons. The summed E-state index contributed by atoms with van der Waals surface area (Å²) in [6.07, 6.45) is 1.12. The van der Waals surface area contributed by atoms with Crippen molar-refractivity contribution in [1.29, 1.82) is 0 Å². The third kappa shape index (κ3) is 2.59. The van der Waals surface area contributed by atoms with Gasteiger partial charge in [-0.25, -0.2) is 0 Å². The summed E-state index contributed by atoms with van der Waals surface area (Å²) in [5, 5.41) is 9.18. The SMILES string of the molecule is CC(O)CCCN1C(=O)Cc2ccccc2C1=O. The van der Waals surface area contributed by atoms with Gasteiger partial charge in [-0.1, -0.05) is 18.2 Å². The second-order valence-corrected chi connectivity index (χ2v) is 4.68. The van der Waals surface area contributed by atoms with Crippen LogP contribution in [-0.2, 0) is 11.2 Å². The maximum atomic E-state index is 12.1. The van der Waals surface area contributed by atoms with Crippen molar-refractivity contribution in [3.8, 4) is 0 Å². The van der Waals surface area contributed by atoms with Crippen LogP contribution < -0.4 is 0 Å². The highest BCUT2D eigenvalue weighted by atomic mass is 16.3. The molecule has 0 aromatic heterocycles. The van der Waals surface area contributed by atoms with Crippen molar-refractivity contribution in [2.45, 2.75) is 32.3 Å². The lowest BCUT2D eigenvalue weighted by atomic mass is 9.98. The van der Waals surface area contributed by atoms with E-state index in [1.807, 2.05) is 12.1 Å². The summed E-state index contributed by atoms with van der Waals surface area (Å²) in [5.74, 6) is -0.364. The Balaban J connectivity index is 2.09. The van der Waals surface area contributed by atoms with Crippen LogP contribution in [0.4, 0.5) is 0 Å². The molecular weight excluding hydrogens is 230 g/mol. The highest BCUT2D eigenvalue weighted by Crippen LogP contribution is 2.19. The molecule has 0 radical (unpaired) electrons. The summed E-state index contributed by atoms with van der Waals surface area (Å²) in [7, 11) is 0. The minimum Gasteiger partial charge on any atom is -0.393 e. The monoisotopic (exact) mass is 247 g/mol. The zero-order chi connectivity index (χ0) is 13.1. The van der Waals surface area contributed by atoms with E-state index in [1.54, 1.807) is 19.1 Å². The smallest absolute Gasteiger partial charge is 0.260 e. The normalized spacial score (nSPS) is 16.7. The lowest BCUT2D eigenvalue weighted by molar-refractivity contribution is -0.128. The Labute approximate surface area is 106 Å². The fourth-order valence-electron chi connectivity index (χ4n) is 2.17. The van der Waals surface area contributed by atoms with Gasteiger partial charge in [0.15, 0.2) is 0 Å². The van der Waals surface area contributed by atoms with Gasteiger partial charge in [0.05, 0.1) is 12.5 Å². The van der Waals surface area contributed by atoms with E-state index in [2.05, 4.69) is 0 Å². The number of carbonyl (C=O) groups excluding carboxylic acids is 2. The van der Waals surface area contributed by atoms with E-state index in [9.17, 15) is 14.7 Å². The Kier molecular flexibility index (Phi) is 3.77. The number of carbonyl (C=O) groups is 2. The minimum atomic E-state index is -0.396. The van der Waals surface area contributed by atoms with Crippen molar-refractivity contribution in [3.63, 3.8) is 0 Å². The van der Waals surface area contributed by atoms with Crippen LogP contribution in [0.3, 0.4) is 0 Å². The summed E-state index contributed by atoms with van der Waals surface area (Å²) in [6.45, 7) is 2.09.